The van der Waals surface area contributed by atoms with E-state index in [1.54, 1.807) is 13.2 Å². The number of anilines is 2. The highest BCUT2D eigenvalue weighted by Crippen LogP contribution is 2.33. The number of fused-ring (bicyclic) bond motifs is 1. The number of rotatable bonds is 2. The second-order valence-electron chi connectivity index (χ2n) is 5.39. The van der Waals surface area contributed by atoms with Crippen LogP contribution in [0.5, 0.6) is 0 Å². The molecule has 1 saturated heterocycles. The molecule has 0 aliphatic carbocycles. The topological polar surface area (TPSA) is 71.2 Å². The smallest absolute Gasteiger partial charge is 0.242 e. The minimum atomic E-state index is -0.127. The highest BCUT2D eigenvalue weighted by atomic mass is 16.2. The molecule has 2 heterocycles. The fraction of sp³-hybridized carbons (Fsp3) is 0.375. The van der Waals surface area contributed by atoms with Gasteiger partial charge in [-0.15, -0.1) is 0 Å². The van der Waals surface area contributed by atoms with Crippen LogP contribution < -0.4 is 16.0 Å². The Hall–Kier alpha value is -2.30. The predicted molar refractivity (Wildman–Crippen MR) is 85.2 cm³/mol. The lowest BCUT2D eigenvalue weighted by atomic mass is 9.99. The van der Waals surface area contributed by atoms with Crippen LogP contribution in [0, 0.1) is 0 Å². The van der Waals surface area contributed by atoms with E-state index in [9.17, 15) is 4.79 Å². The molecule has 21 heavy (non-hydrogen) atoms. The Bertz CT molecular complexity index is 670. The zero-order chi connectivity index (χ0) is 14.8. The van der Waals surface area contributed by atoms with Crippen LogP contribution in [0.1, 0.15) is 19.3 Å². The number of piperidine rings is 1. The Kier molecular flexibility index (Phi) is 3.64. The number of carbonyl (C=O) groups excluding carboxylic acids is 1. The number of nitrogens with zero attached hydrogens (tertiary/aromatic N) is 2. The van der Waals surface area contributed by atoms with Gasteiger partial charge in [0.15, 0.2) is 0 Å². The molecule has 2 aromatic rings. The van der Waals surface area contributed by atoms with Crippen LogP contribution in [-0.4, -0.2) is 30.5 Å². The van der Waals surface area contributed by atoms with Crippen molar-refractivity contribution in [1.82, 2.24) is 10.3 Å². The largest absolute Gasteiger partial charge is 0.398 e. The highest BCUT2D eigenvalue weighted by Gasteiger charge is 2.29. The van der Waals surface area contributed by atoms with Crippen molar-refractivity contribution >= 4 is 28.2 Å². The Morgan fingerprint density at radius 2 is 2.24 bits per heavy atom. The summed E-state index contributed by atoms with van der Waals surface area (Å²) in [7, 11) is 1.69. The second kappa shape index (κ2) is 5.60. The zero-order valence-electron chi connectivity index (χ0n) is 12.2. The SMILES string of the molecule is CNC(=O)C1CCCCN1c1ccc(N)c2cccnc12. The maximum atomic E-state index is 12.2. The molecule has 1 aromatic heterocycles. The van der Waals surface area contributed by atoms with Crippen molar-refractivity contribution in [2.75, 3.05) is 24.2 Å². The number of carbonyl (C=O) groups is 1. The summed E-state index contributed by atoms with van der Waals surface area (Å²) >= 11 is 0. The molecule has 3 N–H and O–H groups in total. The van der Waals surface area contributed by atoms with Crippen LogP contribution in [-0.2, 0) is 4.79 Å². The second-order valence-corrected chi connectivity index (χ2v) is 5.39. The van der Waals surface area contributed by atoms with Gasteiger partial charge in [0.2, 0.25) is 5.91 Å². The van der Waals surface area contributed by atoms with Crippen molar-refractivity contribution in [2.24, 2.45) is 0 Å². The number of likely N-dealkylation sites (N-methyl/N-ethyl adjacent to an activating group) is 1. The molecule has 1 aliphatic heterocycles. The lowest BCUT2D eigenvalue weighted by Gasteiger charge is -2.36. The summed E-state index contributed by atoms with van der Waals surface area (Å²) in [5.41, 5.74) is 8.62. The van der Waals surface area contributed by atoms with Crippen LogP contribution in [0.25, 0.3) is 10.9 Å². The monoisotopic (exact) mass is 284 g/mol. The average molecular weight is 284 g/mol. The zero-order valence-corrected chi connectivity index (χ0v) is 12.2. The van der Waals surface area contributed by atoms with E-state index in [0.717, 1.165) is 48.1 Å². The molecule has 1 aliphatic rings. The fourth-order valence-corrected chi connectivity index (χ4v) is 3.07. The number of pyridine rings is 1. The van der Waals surface area contributed by atoms with Crippen LogP contribution in [0.3, 0.4) is 0 Å². The number of benzene rings is 1. The van der Waals surface area contributed by atoms with Crippen LogP contribution in [0.2, 0.25) is 0 Å². The van der Waals surface area contributed by atoms with Crippen molar-refractivity contribution in [3.05, 3.63) is 30.5 Å². The van der Waals surface area contributed by atoms with Gasteiger partial charge in [0, 0.05) is 30.9 Å². The Labute approximate surface area is 124 Å². The first-order chi connectivity index (χ1) is 10.2. The molecule has 1 amide bonds. The first kappa shape index (κ1) is 13.7. The van der Waals surface area contributed by atoms with E-state index in [2.05, 4.69) is 15.2 Å². The average Bonchev–Trinajstić information content (AvgIpc) is 2.55. The van der Waals surface area contributed by atoms with E-state index < -0.39 is 0 Å². The van der Waals surface area contributed by atoms with E-state index in [1.807, 2.05) is 24.3 Å². The minimum absolute atomic E-state index is 0.0654. The molecule has 110 valence electrons. The fourth-order valence-electron chi connectivity index (χ4n) is 3.07. The van der Waals surface area contributed by atoms with Gasteiger partial charge in [-0.05, 0) is 43.5 Å². The van der Waals surface area contributed by atoms with Crippen LogP contribution in [0.15, 0.2) is 30.5 Å². The summed E-state index contributed by atoms with van der Waals surface area (Å²) in [6.45, 7) is 0.869. The maximum absolute atomic E-state index is 12.2. The molecule has 0 saturated carbocycles. The van der Waals surface area contributed by atoms with E-state index in [1.165, 1.54) is 0 Å². The van der Waals surface area contributed by atoms with Gasteiger partial charge in [0.1, 0.15) is 6.04 Å². The van der Waals surface area contributed by atoms with Gasteiger partial charge >= 0.3 is 0 Å². The third kappa shape index (κ3) is 2.39. The van der Waals surface area contributed by atoms with Crippen molar-refractivity contribution in [2.45, 2.75) is 25.3 Å². The Morgan fingerprint density at radius 1 is 1.38 bits per heavy atom. The summed E-state index contributed by atoms with van der Waals surface area (Å²) in [4.78, 5) is 18.8. The van der Waals surface area contributed by atoms with Gasteiger partial charge in [0.05, 0.1) is 11.2 Å². The van der Waals surface area contributed by atoms with Gasteiger partial charge in [-0.1, -0.05) is 0 Å². The molecular weight excluding hydrogens is 264 g/mol. The molecule has 0 spiro atoms. The van der Waals surface area contributed by atoms with Gasteiger partial charge in [-0.3, -0.25) is 9.78 Å². The van der Waals surface area contributed by atoms with E-state index >= 15 is 0 Å². The summed E-state index contributed by atoms with van der Waals surface area (Å²) in [5, 5.41) is 3.71. The van der Waals surface area contributed by atoms with Gasteiger partial charge in [-0.25, -0.2) is 0 Å². The summed E-state index contributed by atoms with van der Waals surface area (Å²) in [5.74, 6) is 0.0654. The molecule has 1 fully saturated rings. The normalized spacial score (nSPS) is 18.7. The number of nitrogens with two attached hydrogens (primary N) is 1. The number of aromatic nitrogens is 1. The van der Waals surface area contributed by atoms with Crippen LogP contribution >= 0.6 is 0 Å². The molecule has 5 nitrogen and oxygen atoms in total. The number of hydrogen-bond acceptors (Lipinski definition) is 4. The standard InChI is InChI=1S/C16H20N4O/c1-18-16(21)14-6-2-3-10-20(14)13-8-7-12(17)11-5-4-9-19-15(11)13/h4-5,7-9,14H,2-3,6,10,17H2,1H3,(H,18,21). The lowest BCUT2D eigenvalue weighted by Crippen LogP contribution is -2.49. The first-order valence-corrected chi connectivity index (χ1v) is 7.34. The molecule has 1 aromatic carbocycles. The quantitative estimate of drug-likeness (QED) is 0.827. The maximum Gasteiger partial charge on any atom is 0.242 e. The molecule has 1 unspecified atom stereocenters. The molecule has 0 radical (unpaired) electrons. The molecular formula is C16H20N4O. The number of amides is 1. The number of hydrogen-bond donors (Lipinski definition) is 2. The molecule has 5 heteroatoms. The summed E-state index contributed by atoms with van der Waals surface area (Å²) in [6.07, 6.45) is 4.81. The minimum Gasteiger partial charge on any atom is -0.398 e. The van der Waals surface area contributed by atoms with Gasteiger partial charge in [-0.2, -0.15) is 0 Å². The Morgan fingerprint density at radius 3 is 3.05 bits per heavy atom. The van der Waals surface area contributed by atoms with Crippen molar-refractivity contribution in [1.29, 1.82) is 0 Å². The van der Waals surface area contributed by atoms with Gasteiger partial charge in [0.25, 0.3) is 0 Å². The number of nitrogens with one attached hydrogen (secondary N) is 1. The highest BCUT2D eigenvalue weighted by molar-refractivity contribution is 6.00. The first-order valence-electron chi connectivity index (χ1n) is 7.34. The van der Waals surface area contributed by atoms with Crippen molar-refractivity contribution in [3.63, 3.8) is 0 Å². The predicted octanol–water partition coefficient (Wildman–Crippen LogP) is 1.92. The van der Waals surface area contributed by atoms with E-state index in [0.29, 0.717) is 0 Å². The van der Waals surface area contributed by atoms with Crippen molar-refractivity contribution in [3.8, 4) is 0 Å². The van der Waals surface area contributed by atoms with Gasteiger partial charge < -0.3 is 16.0 Å². The van der Waals surface area contributed by atoms with E-state index in [4.69, 9.17) is 5.73 Å². The third-order valence-electron chi connectivity index (χ3n) is 4.14. The summed E-state index contributed by atoms with van der Waals surface area (Å²) in [6, 6.07) is 7.60. The third-order valence-corrected chi connectivity index (χ3v) is 4.14. The lowest BCUT2D eigenvalue weighted by molar-refractivity contribution is -0.122. The van der Waals surface area contributed by atoms with Crippen molar-refractivity contribution < 1.29 is 4.79 Å². The Balaban J connectivity index is 2.10. The van der Waals surface area contributed by atoms with E-state index in [-0.39, 0.29) is 11.9 Å². The number of nitrogen functional groups attached to an aromatic ring is 1. The summed E-state index contributed by atoms with van der Waals surface area (Å²) < 4.78 is 0. The molecule has 3 rings (SSSR count). The van der Waals surface area contributed by atoms with Crippen LogP contribution in [0.4, 0.5) is 11.4 Å². The molecule has 1 atom stereocenters. The molecule has 0 bridgehead atoms.